The van der Waals surface area contributed by atoms with Gasteiger partial charge in [0, 0.05) is 30.8 Å². The van der Waals surface area contributed by atoms with Gasteiger partial charge in [-0.25, -0.2) is 5.43 Å². The van der Waals surface area contributed by atoms with Crippen LogP contribution in [0, 0.1) is 0 Å². The molecule has 8 nitrogen and oxygen atoms in total. The fourth-order valence-corrected chi connectivity index (χ4v) is 4.47. The van der Waals surface area contributed by atoms with Gasteiger partial charge in [0.15, 0.2) is 0 Å². The maximum Gasteiger partial charge on any atom is 0.250 e. The molecule has 1 aromatic heterocycles. The van der Waals surface area contributed by atoms with Crippen LogP contribution in [0.3, 0.4) is 0 Å². The summed E-state index contributed by atoms with van der Waals surface area (Å²) >= 11 is 12.5. The van der Waals surface area contributed by atoms with Crippen molar-refractivity contribution in [1.29, 1.82) is 0 Å². The molecule has 2 aliphatic heterocycles. The van der Waals surface area contributed by atoms with Crippen molar-refractivity contribution in [2.45, 2.75) is 31.8 Å². The second-order valence-electron chi connectivity index (χ2n) is 8.28. The first-order valence-electron chi connectivity index (χ1n) is 11.6. The normalized spacial score (nSPS) is 17.8. The van der Waals surface area contributed by atoms with Crippen LogP contribution in [0.4, 0.5) is 23.5 Å². The van der Waals surface area contributed by atoms with Gasteiger partial charge < -0.3 is 15.0 Å². The number of nitrogens with one attached hydrogen (secondary N) is 2. The molecule has 0 aliphatic carbocycles. The maximum absolute atomic E-state index is 6.34. The summed E-state index contributed by atoms with van der Waals surface area (Å²) in [6.07, 6.45) is 7.51. The highest BCUT2D eigenvalue weighted by Crippen LogP contribution is 2.37. The van der Waals surface area contributed by atoms with E-state index in [2.05, 4.69) is 35.7 Å². The second-order valence-corrected chi connectivity index (χ2v) is 9.07. The number of nitrogens with zero attached hydrogens (tertiary/aromatic N) is 5. The van der Waals surface area contributed by atoms with Crippen LogP contribution in [0.15, 0.2) is 65.5 Å². The third kappa shape index (κ3) is 5.83. The number of rotatable bonds is 7. The van der Waals surface area contributed by atoms with Gasteiger partial charge in [-0.1, -0.05) is 53.5 Å². The van der Waals surface area contributed by atoms with Gasteiger partial charge in [-0.2, -0.15) is 20.1 Å². The van der Waals surface area contributed by atoms with Crippen molar-refractivity contribution in [3.63, 3.8) is 0 Å². The van der Waals surface area contributed by atoms with Crippen LogP contribution in [0.5, 0.6) is 0 Å². The maximum atomic E-state index is 6.34. The Morgan fingerprint density at radius 3 is 2.57 bits per heavy atom. The van der Waals surface area contributed by atoms with E-state index in [1.165, 1.54) is 6.42 Å². The van der Waals surface area contributed by atoms with Crippen molar-refractivity contribution < 1.29 is 4.74 Å². The molecular weight excluding hydrogens is 485 g/mol. The monoisotopic (exact) mass is 509 g/mol. The Morgan fingerprint density at radius 1 is 0.943 bits per heavy atom. The van der Waals surface area contributed by atoms with Crippen LogP contribution in [-0.4, -0.2) is 34.3 Å². The number of allylic oxidation sites excluding steroid dienone is 1. The fraction of sp³-hybridized carbons (Fsp3) is 0.280. The van der Waals surface area contributed by atoms with Crippen molar-refractivity contribution in [2.75, 3.05) is 28.7 Å². The Morgan fingerprint density at radius 2 is 1.74 bits per heavy atom. The summed E-state index contributed by atoms with van der Waals surface area (Å²) in [5, 5.41) is 8.57. The van der Waals surface area contributed by atoms with Crippen molar-refractivity contribution in [2.24, 2.45) is 5.10 Å². The molecule has 1 saturated heterocycles. The molecule has 2 aromatic carbocycles. The summed E-state index contributed by atoms with van der Waals surface area (Å²) in [4.78, 5) is 15.9. The van der Waals surface area contributed by atoms with Crippen molar-refractivity contribution in [1.82, 2.24) is 15.0 Å². The smallest absolute Gasteiger partial charge is 0.250 e. The van der Waals surface area contributed by atoms with Gasteiger partial charge in [-0.05, 0) is 43.5 Å². The first-order chi connectivity index (χ1) is 17.2. The van der Waals surface area contributed by atoms with E-state index in [4.69, 9.17) is 27.9 Å². The van der Waals surface area contributed by atoms with E-state index in [1.54, 1.807) is 12.3 Å². The first-order valence-corrected chi connectivity index (χ1v) is 12.3. The van der Waals surface area contributed by atoms with Crippen molar-refractivity contribution >= 4 is 52.9 Å². The molecule has 1 atom stereocenters. The SMILES string of the molecule is Clc1cccc(C2CC=C(/C=N/Nc3nc(Nc4ccccc4)nc(N4CCCCC4)n3)O2)c1Cl. The topological polar surface area (TPSA) is 87.6 Å². The summed E-state index contributed by atoms with van der Waals surface area (Å²) < 4.78 is 6.00. The highest BCUT2D eigenvalue weighted by atomic mass is 35.5. The average Bonchev–Trinajstić information content (AvgIpc) is 3.35. The molecule has 0 amide bonds. The van der Waals surface area contributed by atoms with E-state index in [1.807, 2.05) is 48.5 Å². The highest BCUT2D eigenvalue weighted by molar-refractivity contribution is 6.42. The van der Waals surface area contributed by atoms with E-state index in [0.717, 1.165) is 37.2 Å². The summed E-state index contributed by atoms with van der Waals surface area (Å²) in [6, 6.07) is 15.3. The Balaban J connectivity index is 1.29. The summed E-state index contributed by atoms with van der Waals surface area (Å²) in [5.74, 6) is 2.06. The second kappa shape index (κ2) is 10.9. The number of benzene rings is 2. The molecule has 2 N–H and O–H groups in total. The molecule has 5 rings (SSSR count). The predicted molar refractivity (Wildman–Crippen MR) is 141 cm³/mol. The Hall–Kier alpha value is -3.36. The lowest BCUT2D eigenvalue weighted by Gasteiger charge is -2.26. The molecule has 0 bridgehead atoms. The number of hydrogen-bond donors (Lipinski definition) is 2. The lowest BCUT2D eigenvalue weighted by molar-refractivity contribution is 0.161. The van der Waals surface area contributed by atoms with Crippen LogP contribution >= 0.6 is 23.2 Å². The Labute approximate surface area is 214 Å². The minimum Gasteiger partial charge on any atom is -0.484 e. The fourth-order valence-electron chi connectivity index (χ4n) is 4.04. The summed E-state index contributed by atoms with van der Waals surface area (Å²) in [7, 11) is 0. The lowest BCUT2D eigenvalue weighted by Crippen LogP contribution is -2.31. The number of ether oxygens (including phenoxy) is 1. The number of aromatic nitrogens is 3. The van der Waals surface area contributed by atoms with Gasteiger partial charge in [0.05, 0.1) is 16.3 Å². The lowest BCUT2D eigenvalue weighted by atomic mass is 10.1. The zero-order valence-electron chi connectivity index (χ0n) is 19.0. The molecule has 10 heteroatoms. The standard InChI is InChI=1S/C25H25Cl2N7O/c26-20-11-7-10-19(22(20)27)21-13-12-18(35-21)16-28-33-24-30-23(29-17-8-3-1-4-9-17)31-25(32-24)34-14-5-2-6-15-34/h1,3-4,7-12,16,21H,2,5-6,13-15H2,(H2,29,30,31,32,33)/b28-16+. The number of para-hydroxylation sites is 1. The molecule has 2 aliphatic rings. The molecule has 0 saturated carbocycles. The minimum atomic E-state index is -0.202. The van der Waals surface area contributed by atoms with Crippen molar-refractivity contribution in [3.8, 4) is 0 Å². The molecule has 0 radical (unpaired) electrons. The summed E-state index contributed by atoms with van der Waals surface area (Å²) in [6.45, 7) is 1.84. The van der Waals surface area contributed by atoms with Crippen molar-refractivity contribution in [3.05, 3.63) is 76.0 Å². The van der Waals surface area contributed by atoms with Gasteiger partial charge >= 0.3 is 0 Å². The number of hydrogen-bond acceptors (Lipinski definition) is 8. The molecule has 35 heavy (non-hydrogen) atoms. The first kappa shape index (κ1) is 23.4. The largest absolute Gasteiger partial charge is 0.484 e. The molecular formula is C25H25Cl2N7O. The average molecular weight is 510 g/mol. The zero-order valence-corrected chi connectivity index (χ0v) is 20.5. The van der Waals surface area contributed by atoms with E-state index >= 15 is 0 Å². The van der Waals surface area contributed by atoms with Gasteiger partial charge in [0.1, 0.15) is 11.9 Å². The number of piperidine rings is 1. The highest BCUT2D eigenvalue weighted by Gasteiger charge is 2.22. The van der Waals surface area contributed by atoms with Crippen LogP contribution in [0.25, 0.3) is 0 Å². The van der Waals surface area contributed by atoms with Crippen LogP contribution in [0.1, 0.15) is 37.4 Å². The predicted octanol–water partition coefficient (Wildman–Crippen LogP) is 6.36. The van der Waals surface area contributed by atoms with Gasteiger partial charge in [-0.3, -0.25) is 0 Å². The molecule has 180 valence electrons. The molecule has 0 spiro atoms. The number of hydrazone groups is 1. The Bertz CT molecular complexity index is 1230. The van der Waals surface area contributed by atoms with E-state index in [9.17, 15) is 0 Å². The van der Waals surface area contributed by atoms with E-state index in [0.29, 0.717) is 40.1 Å². The third-order valence-electron chi connectivity index (χ3n) is 5.79. The number of halogens is 2. The molecule has 1 fully saturated rings. The van der Waals surface area contributed by atoms with Gasteiger partial charge in [-0.15, -0.1) is 0 Å². The van der Waals surface area contributed by atoms with E-state index < -0.39 is 0 Å². The van der Waals surface area contributed by atoms with Crippen LogP contribution < -0.4 is 15.6 Å². The molecule has 1 unspecified atom stereocenters. The van der Waals surface area contributed by atoms with Gasteiger partial charge in [0.25, 0.3) is 0 Å². The van der Waals surface area contributed by atoms with Crippen LogP contribution in [0.2, 0.25) is 10.0 Å². The number of anilines is 4. The van der Waals surface area contributed by atoms with Crippen LogP contribution in [-0.2, 0) is 4.74 Å². The Kier molecular flexibility index (Phi) is 7.30. The summed E-state index contributed by atoms with van der Waals surface area (Å²) in [5.41, 5.74) is 4.67. The van der Waals surface area contributed by atoms with E-state index in [-0.39, 0.29) is 6.10 Å². The van der Waals surface area contributed by atoms with Gasteiger partial charge in [0.2, 0.25) is 17.8 Å². The minimum absolute atomic E-state index is 0.202. The third-order valence-corrected chi connectivity index (χ3v) is 6.62. The zero-order chi connectivity index (χ0) is 24.0. The quantitative estimate of drug-likeness (QED) is 0.283. The molecule has 3 aromatic rings. The molecule has 3 heterocycles.